The van der Waals surface area contributed by atoms with Crippen molar-refractivity contribution in [2.75, 3.05) is 0 Å². The Labute approximate surface area is 88.4 Å². The third-order valence-electron chi connectivity index (χ3n) is 2.81. The van der Waals surface area contributed by atoms with Crippen molar-refractivity contribution in [2.24, 2.45) is 5.92 Å². The van der Waals surface area contributed by atoms with Crippen LogP contribution in [0.15, 0.2) is 24.3 Å². The minimum Gasteiger partial charge on any atom is -0.0654 e. The molecule has 77 valence electrons. The summed E-state index contributed by atoms with van der Waals surface area (Å²) in [6.45, 7) is 6.87. The zero-order chi connectivity index (χ0) is 10.4. The smallest absolute Gasteiger partial charge is 0.0133 e. The van der Waals surface area contributed by atoms with Crippen molar-refractivity contribution in [1.82, 2.24) is 0 Å². The predicted molar refractivity (Wildman–Crippen MR) is 62.4 cm³/mol. The molecule has 0 aliphatic carbocycles. The fourth-order valence-corrected chi connectivity index (χ4v) is 1.91. The fourth-order valence-electron chi connectivity index (χ4n) is 1.91. The molecule has 0 spiro atoms. The van der Waals surface area contributed by atoms with Gasteiger partial charge in [0, 0.05) is 0 Å². The highest BCUT2D eigenvalue weighted by atomic mass is 14.2. The van der Waals surface area contributed by atoms with E-state index in [0.717, 1.165) is 5.92 Å². The van der Waals surface area contributed by atoms with Gasteiger partial charge in [0.2, 0.25) is 0 Å². The molecule has 0 saturated heterocycles. The topological polar surface area (TPSA) is 0 Å². The third kappa shape index (κ3) is 3.17. The molecule has 14 heavy (non-hydrogen) atoms. The van der Waals surface area contributed by atoms with E-state index in [1.54, 1.807) is 0 Å². The number of hydrogen-bond donors (Lipinski definition) is 0. The summed E-state index contributed by atoms with van der Waals surface area (Å²) in [6, 6.07) is 11.8. The lowest BCUT2D eigenvalue weighted by molar-refractivity contribution is 0.452. The second-order valence-electron chi connectivity index (χ2n) is 4.31. The van der Waals surface area contributed by atoms with Crippen LogP contribution >= 0.6 is 0 Å². The van der Waals surface area contributed by atoms with Crippen molar-refractivity contribution in [1.29, 1.82) is 0 Å². The average Bonchev–Trinajstić information content (AvgIpc) is 2.19. The molecule has 1 unspecified atom stereocenters. The summed E-state index contributed by atoms with van der Waals surface area (Å²) in [7, 11) is 0. The van der Waals surface area contributed by atoms with Crippen molar-refractivity contribution in [3.8, 4) is 0 Å². The Balaban J connectivity index is 2.68. The Morgan fingerprint density at radius 2 is 2.07 bits per heavy atom. The molecule has 0 aliphatic heterocycles. The molecule has 0 N–H and O–H groups in total. The quantitative estimate of drug-likeness (QED) is 0.643. The lowest BCUT2D eigenvalue weighted by atomic mass is 9.84. The van der Waals surface area contributed by atoms with Crippen molar-refractivity contribution in [3.63, 3.8) is 0 Å². The van der Waals surface area contributed by atoms with Gasteiger partial charge in [0.25, 0.3) is 0 Å². The second kappa shape index (κ2) is 5.85. The van der Waals surface area contributed by atoms with Gasteiger partial charge < -0.3 is 0 Å². The highest BCUT2D eigenvalue weighted by Crippen LogP contribution is 2.28. The molecule has 0 nitrogen and oxygen atoms in total. The molecular formula is C14H21. The first-order valence-corrected chi connectivity index (χ1v) is 5.72. The number of rotatable bonds is 5. The first kappa shape index (κ1) is 11.3. The molecule has 0 aromatic heterocycles. The summed E-state index contributed by atoms with van der Waals surface area (Å²) in [6.07, 6.45) is 3.91. The molecule has 0 heteroatoms. The van der Waals surface area contributed by atoms with Crippen molar-refractivity contribution in [3.05, 3.63) is 35.9 Å². The van der Waals surface area contributed by atoms with Crippen LogP contribution in [0.4, 0.5) is 0 Å². The van der Waals surface area contributed by atoms with E-state index in [1.807, 2.05) is 12.1 Å². The van der Waals surface area contributed by atoms with Crippen LogP contribution in [0.25, 0.3) is 0 Å². The predicted octanol–water partition coefficient (Wildman–Crippen LogP) is 4.42. The maximum Gasteiger partial charge on any atom is -0.0133 e. The standard InChI is InChI=1S/C14H21/c1-4-5-11-14(12(2)3)13-9-7-6-8-10-13/h6-9,12,14H,4-5,11H2,1-3H3. The van der Waals surface area contributed by atoms with Crippen molar-refractivity contribution >= 4 is 0 Å². The summed E-state index contributed by atoms with van der Waals surface area (Å²) in [5, 5.41) is 0. The van der Waals surface area contributed by atoms with E-state index in [2.05, 4.69) is 39.0 Å². The maximum absolute atomic E-state index is 3.36. The molecule has 0 heterocycles. The molecule has 1 radical (unpaired) electrons. The highest BCUT2D eigenvalue weighted by Gasteiger charge is 2.14. The van der Waals surface area contributed by atoms with E-state index in [-0.39, 0.29) is 0 Å². The molecule has 1 rings (SSSR count). The van der Waals surface area contributed by atoms with E-state index in [9.17, 15) is 0 Å². The fraction of sp³-hybridized carbons (Fsp3) is 0.571. The summed E-state index contributed by atoms with van der Waals surface area (Å²) in [5.41, 5.74) is 1.39. The van der Waals surface area contributed by atoms with Gasteiger partial charge in [-0.3, -0.25) is 0 Å². The van der Waals surface area contributed by atoms with Crippen LogP contribution < -0.4 is 0 Å². The number of hydrogen-bond acceptors (Lipinski definition) is 0. The van der Waals surface area contributed by atoms with E-state index in [1.165, 1.54) is 24.8 Å². The molecule has 0 saturated carbocycles. The highest BCUT2D eigenvalue weighted by molar-refractivity contribution is 5.18. The van der Waals surface area contributed by atoms with Crippen LogP contribution in [0.3, 0.4) is 0 Å². The van der Waals surface area contributed by atoms with E-state index < -0.39 is 0 Å². The van der Waals surface area contributed by atoms with Crippen LogP contribution in [0.1, 0.15) is 51.5 Å². The van der Waals surface area contributed by atoms with E-state index in [4.69, 9.17) is 0 Å². The Bertz CT molecular complexity index is 235. The molecule has 0 aliphatic rings. The van der Waals surface area contributed by atoms with Crippen LogP contribution in [-0.2, 0) is 0 Å². The van der Waals surface area contributed by atoms with Crippen LogP contribution in [0.5, 0.6) is 0 Å². The van der Waals surface area contributed by atoms with Crippen molar-refractivity contribution < 1.29 is 0 Å². The second-order valence-corrected chi connectivity index (χ2v) is 4.31. The minimum absolute atomic E-state index is 0.691. The number of benzene rings is 1. The summed E-state index contributed by atoms with van der Waals surface area (Å²) in [5.74, 6) is 1.41. The van der Waals surface area contributed by atoms with Gasteiger partial charge in [-0.15, -0.1) is 0 Å². The van der Waals surface area contributed by atoms with Gasteiger partial charge >= 0.3 is 0 Å². The minimum atomic E-state index is 0.691. The monoisotopic (exact) mass is 189 g/mol. The van der Waals surface area contributed by atoms with Gasteiger partial charge in [-0.1, -0.05) is 57.9 Å². The zero-order valence-corrected chi connectivity index (χ0v) is 9.59. The average molecular weight is 189 g/mol. The third-order valence-corrected chi connectivity index (χ3v) is 2.81. The van der Waals surface area contributed by atoms with Crippen LogP contribution in [0.2, 0.25) is 0 Å². The van der Waals surface area contributed by atoms with Gasteiger partial charge in [-0.2, -0.15) is 0 Å². The molecule has 1 atom stereocenters. The summed E-state index contributed by atoms with van der Waals surface area (Å²) < 4.78 is 0. The Hall–Kier alpha value is -0.780. The molecule has 0 fully saturated rings. The molecule has 1 aromatic carbocycles. The SMILES string of the molecule is CCCCC(c1[c]cccc1)C(C)C. The Morgan fingerprint density at radius 1 is 1.29 bits per heavy atom. The van der Waals surface area contributed by atoms with Gasteiger partial charge in [-0.25, -0.2) is 0 Å². The largest absolute Gasteiger partial charge is 0.0654 e. The van der Waals surface area contributed by atoms with Gasteiger partial charge in [0.1, 0.15) is 0 Å². The Kier molecular flexibility index (Phi) is 4.72. The Morgan fingerprint density at radius 3 is 2.57 bits per heavy atom. The van der Waals surface area contributed by atoms with E-state index >= 15 is 0 Å². The van der Waals surface area contributed by atoms with Gasteiger partial charge in [0.05, 0.1) is 0 Å². The van der Waals surface area contributed by atoms with Gasteiger partial charge in [-0.05, 0) is 29.9 Å². The maximum atomic E-state index is 3.36. The molecule has 0 amide bonds. The first-order valence-electron chi connectivity index (χ1n) is 5.72. The number of unbranched alkanes of at least 4 members (excludes halogenated alkanes) is 1. The molecule has 0 bridgehead atoms. The molecular weight excluding hydrogens is 168 g/mol. The van der Waals surface area contributed by atoms with Crippen LogP contribution in [0, 0.1) is 12.0 Å². The lowest BCUT2D eigenvalue weighted by Gasteiger charge is -2.20. The van der Waals surface area contributed by atoms with Crippen LogP contribution in [-0.4, -0.2) is 0 Å². The normalized spacial score (nSPS) is 13.1. The zero-order valence-electron chi connectivity index (χ0n) is 9.59. The molecule has 1 aromatic rings. The van der Waals surface area contributed by atoms with Crippen molar-refractivity contribution in [2.45, 2.75) is 46.0 Å². The first-order chi connectivity index (χ1) is 6.75. The van der Waals surface area contributed by atoms with Gasteiger partial charge in [0.15, 0.2) is 0 Å². The lowest BCUT2D eigenvalue weighted by Crippen LogP contribution is -2.06. The summed E-state index contributed by atoms with van der Waals surface area (Å²) >= 11 is 0. The summed E-state index contributed by atoms with van der Waals surface area (Å²) in [4.78, 5) is 0. The van der Waals surface area contributed by atoms with E-state index in [0.29, 0.717) is 5.92 Å².